The number of halogens is 1. The zero-order valence-electron chi connectivity index (χ0n) is 11.2. The van der Waals surface area contributed by atoms with Crippen molar-refractivity contribution < 1.29 is 4.39 Å². The van der Waals surface area contributed by atoms with E-state index < -0.39 is 6.17 Å². The summed E-state index contributed by atoms with van der Waals surface area (Å²) in [5.74, 6) is 0.970. The molecule has 0 spiro atoms. The summed E-state index contributed by atoms with van der Waals surface area (Å²) in [4.78, 5) is 9.46. The van der Waals surface area contributed by atoms with Crippen molar-refractivity contribution in [1.29, 1.82) is 0 Å². The van der Waals surface area contributed by atoms with Gasteiger partial charge < -0.3 is 10.3 Å². The highest BCUT2D eigenvalue weighted by Gasteiger charge is 2.29. The van der Waals surface area contributed by atoms with Crippen LogP contribution in [0.5, 0.6) is 0 Å². The Labute approximate surface area is 108 Å². The lowest BCUT2D eigenvalue weighted by molar-refractivity contribution is 0.0294. The first kappa shape index (κ1) is 13.5. The molecule has 4 nitrogen and oxygen atoms in total. The molecule has 2 heterocycles. The summed E-state index contributed by atoms with van der Waals surface area (Å²) in [6.07, 6.45) is 5.22. The third-order valence-corrected chi connectivity index (χ3v) is 3.68. The number of nitrogens with zero attached hydrogens (tertiary/aromatic N) is 2. The smallest absolute Gasteiger partial charge is 0.125 e. The van der Waals surface area contributed by atoms with Crippen molar-refractivity contribution in [3.8, 4) is 0 Å². The summed E-state index contributed by atoms with van der Waals surface area (Å²) in [6.45, 7) is 6.39. The van der Waals surface area contributed by atoms with E-state index in [1.165, 1.54) is 0 Å². The molecule has 1 aliphatic rings. The average Bonchev–Trinajstić information content (AvgIpc) is 2.82. The molecule has 1 aromatic rings. The molecule has 2 N–H and O–H groups in total. The SMILES string of the molecule is CC(CCC(C)N1CC(F)C1)NCc1ncc[nH]1. The monoisotopic (exact) mass is 254 g/mol. The predicted molar refractivity (Wildman–Crippen MR) is 70.1 cm³/mol. The predicted octanol–water partition coefficient (Wildman–Crippen LogP) is 1.71. The molecular formula is C13H23FN4. The minimum absolute atomic E-state index is 0.458. The van der Waals surface area contributed by atoms with Gasteiger partial charge in [0.2, 0.25) is 0 Å². The van der Waals surface area contributed by atoms with E-state index in [0.29, 0.717) is 25.2 Å². The molecule has 0 aromatic carbocycles. The normalized spacial score (nSPS) is 20.6. The van der Waals surface area contributed by atoms with Gasteiger partial charge in [-0.25, -0.2) is 9.37 Å². The maximum Gasteiger partial charge on any atom is 0.125 e. The first-order valence-electron chi connectivity index (χ1n) is 6.75. The highest BCUT2D eigenvalue weighted by Crippen LogP contribution is 2.18. The number of aromatic amines is 1. The summed E-state index contributed by atoms with van der Waals surface area (Å²) in [7, 11) is 0. The molecule has 1 fully saturated rings. The van der Waals surface area contributed by atoms with E-state index >= 15 is 0 Å². The Bertz CT molecular complexity index is 335. The summed E-state index contributed by atoms with van der Waals surface area (Å²) < 4.78 is 12.7. The largest absolute Gasteiger partial charge is 0.348 e. The molecule has 1 aromatic heterocycles. The number of imidazole rings is 1. The van der Waals surface area contributed by atoms with E-state index in [1.807, 2.05) is 6.20 Å². The molecule has 102 valence electrons. The molecule has 0 bridgehead atoms. The van der Waals surface area contributed by atoms with Gasteiger partial charge in [-0.05, 0) is 26.7 Å². The minimum atomic E-state index is -0.595. The van der Waals surface area contributed by atoms with Crippen molar-refractivity contribution in [1.82, 2.24) is 20.2 Å². The summed E-state index contributed by atoms with van der Waals surface area (Å²) >= 11 is 0. The van der Waals surface area contributed by atoms with Crippen molar-refractivity contribution in [2.45, 2.75) is 51.5 Å². The summed E-state index contributed by atoms with van der Waals surface area (Å²) in [5.41, 5.74) is 0. The Hall–Kier alpha value is -0.940. The number of aromatic nitrogens is 2. The number of likely N-dealkylation sites (tertiary alicyclic amines) is 1. The molecule has 2 atom stereocenters. The van der Waals surface area contributed by atoms with Crippen molar-refractivity contribution in [2.75, 3.05) is 13.1 Å². The maximum absolute atomic E-state index is 12.7. The number of rotatable bonds is 7. The van der Waals surface area contributed by atoms with Crippen LogP contribution in [0.25, 0.3) is 0 Å². The molecule has 1 saturated heterocycles. The second-order valence-corrected chi connectivity index (χ2v) is 5.30. The van der Waals surface area contributed by atoms with Gasteiger partial charge in [-0.2, -0.15) is 0 Å². The molecule has 0 amide bonds. The van der Waals surface area contributed by atoms with Gasteiger partial charge in [0, 0.05) is 37.6 Å². The zero-order valence-corrected chi connectivity index (χ0v) is 11.2. The lowest BCUT2D eigenvalue weighted by Gasteiger charge is -2.39. The Morgan fingerprint density at radius 3 is 2.89 bits per heavy atom. The number of nitrogens with one attached hydrogen (secondary N) is 2. The zero-order chi connectivity index (χ0) is 13.0. The first-order chi connectivity index (χ1) is 8.65. The van der Waals surface area contributed by atoms with Gasteiger partial charge in [-0.1, -0.05) is 0 Å². The molecule has 0 radical (unpaired) electrons. The van der Waals surface area contributed by atoms with Gasteiger partial charge in [-0.15, -0.1) is 0 Å². The van der Waals surface area contributed by atoms with Gasteiger partial charge in [0.05, 0.1) is 6.54 Å². The second kappa shape index (κ2) is 6.29. The fourth-order valence-electron chi connectivity index (χ4n) is 2.26. The third kappa shape index (κ3) is 3.78. The average molecular weight is 254 g/mol. The minimum Gasteiger partial charge on any atom is -0.348 e. The van der Waals surface area contributed by atoms with Crippen LogP contribution in [0.1, 0.15) is 32.5 Å². The van der Waals surface area contributed by atoms with E-state index in [0.717, 1.165) is 25.2 Å². The van der Waals surface area contributed by atoms with Crippen LogP contribution in [0.3, 0.4) is 0 Å². The highest BCUT2D eigenvalue weighted by molar-refractivity contribution is 4.87. The highest BCUT2D eigenvalue weighted by atomic mass is 19.1. The van der Waals surface area contributed by atoms with Crippen LogP contribution >= 0.6 is 0 Å². The van der Waals surface area contributed by atoms with Crippen LogP contribution in [0.15, 0.2) is 12.4 Å². The van der Waals surface area contributed by atoms with Crippen molar-refractivity contribution in [2.24, 2.45) is 0 Å². The van der Waals surface area contributed by atoms with Gasteiger partial charge in [0.15, 0.2) is 0 Å². The molecular weight excluding hydrogens is 231 g/mol. The molecule has 2 unspecified atom stereocenters. The fourth-order valence-corrected chi connectivity index (χ4v) is 2.26. The Morgan fingerprint density at radius 1 is 1.50 bits per heavy atom. The maximum atomic E-state index is 12.7. The van der Waals surface area contributed by atoms with E-state index in [1.54, 1.807) is 6.20 Å². The van der Waals surface area contributed by atoms with Crippen LogP contribution in [0, 0.1) is 0 Å². The molecule has 5 heteroatoms. The molecule has 1 aliphatic heterocycles. The molecule has 0 saturated carbocycles. The van der Waals surface area contributed by atoms with Crippen molar-refractivity contribution in [3.05, 3.63) is 18.2 Å². The Kier molecular flexibility index (Phi) is 4.72. The van der Waals surface area contributed by atoms with Crippen molar-refractivity contribution >= 4 is 0 Å². The van der Waals surface area contributed by atoms with Gasteiger partial charge in [0.25, 0.3) is 0 Å². The van der Waals surface area contributed by atoms with E-state index in [4.69, 9.17) is 0 Å². The standard InChI is InChI=1S/C13H23FN4/c1-10(17-7-13-15-5-6-16-13)3-4-11(2)18-8-12(14)9-18/h5-6,10-12,17H,3-4,7-9H2,1-2H3,(H,15,16). The van der Waals surface area contributed by atoms with Crippen LogP contribution in [-0.2, 0) is 6.54 Å². The van der Waals surface area contributed by atoms with Crippen LogP contribution in [0.4, 0.5) is 4.39 Å². The Balaban J connectivity index is 1.58. The number of hydrogen-bond donors (Lipinski definition) is 2. The van der Waals surface area contributed by atoms with E-state index in [9.17, 15) is 4.39 Å². The number of alkyl halides is 1. The topological polar surface area (TPSA) is 44.0 Å². The van der Waals surface area contributed by atoms with E-state index in [2.05, 4.69) is 34.0 Å². The summed E-state index contributed by atoms with van der Waals surface area (Å²) in [5, 5.41) is 3.44. The van der Waals surface area contributed by atoms with Crippen LogP contribution < -0.4 is 5.32 Å². The number of hydrogen-bond acceptors (Lipinski definition) is 3. The summed E-state index contributed by atoms with van der Waals surface area (Å²) in [6, 6.07) is 0.949. The van der Waals surface area contributed by atoms with Crippen molar-refractivity contribution in [3.63, 3.8) is 0 Å². The fraction of sp³-hybridized carbons (Fsp3) is 0.769. The van der Waals surface area contributed by atoms with Crippen LogP contribution in [-0.4, -0.2) is 46.2 Å². The molecule has 2 rings (SSSR count). The van der Waals surface area contributed by atoms with Gasteiger partial charge in [0.1, 0.15) is 12.0 Å². The third-order valence-electron chi connectivity index (χ3n) is 3.68. The van der Waals surface area contributed by atoms with Crippen LogP contribution in [0.2, 0.25) is 0 Å². The molecule has 18 heavy (non-hydrogen) atoms. The lowest BCUT2D eigenvalue weighted by Crippen LogP contribution is -2.52. The van der Waals surface area contributed by atoms with Gasteiger partial charge in [-0.3, -0.25) is 4.90 Å². The second-order valence-electron chi connectivity index (χ2n) is 5.30. The van der Waals surface area contributed by atoms with E-state index in [-0.39, 0.29) is 0 Å². The Morgan fingerprint density at radius 2 is 2.28 bits per heavy atom. The quantitative estimate of drug-likeness (QED) is 0.778. The number of H-pyrrole nitrogens is 1. The van der Waals surface area contributed by atoms with Gasteiger partial charge >= 0.3 is 0 Å². The first-order valence-corrected chi connectivity index (χ1v) is 6.75. The lowest BCUT2D eigenvalue weighted by atomic mass is 10.0. The molecule has 0 aliphatic carbocycles.